The van der Waals surface area contributed by atoms with Crippen molar-refractivity contribution in [1.29, 1.82) is 0 Å². The topological polar surface area (TPSA) is 68.7 Å². The molecule has 0 radical (unpaired) electrons. The van der Waals surface area contributed by atoms with Gasteiger partial charge in [0.15, 0.2) is 6.61 Å². The van der Waals surface area contributed by atoms with Crippen LogP contribution >= 0.6 is 11.3 Å². The van der Waals surface area contributed by atoms with E-state index in [4.69, 9.17) is 9.47 Å². The summed E-state index contributed by atoms with van der Waals surface area (Å²) in [5.41, 5.74) is 2.08. The van der Waals surface area contributed by atoms with E-state index in [1.807, 2.05) is 12.1 Å². The molecular formula is C21H17FN2O4S. The number of rotatable bonds is 6. The second-order valence-corrected chi connectivity index (χ2v) is 7.22. The Labute approximate surface area is 170 Å². The van der Waals surface area contributed by atoms with Crippen LogP contribution in [-0.4, -0.2) is 30.0 Å². The molecule has 2 heterocycles. The molecule has 1 aliphatic rings. The van der Waals surface area contributed by atoms with Crippen LogP contribution in [0.1, 0.15) is 12.1 Å². The summed E-state index contributed by atoms with van der Waals surface area (Å²) in [5, 5.41) is 2.53. The van der Waals surface area contributed by atoms with E-state index in [0.717, 1.165) is 10.6 Å². The van der Waals surface area contributed by atoms with Gasteiger partial charge in [0, 0.05) is 17.5 Å². The number of hydrogen-bond donors (Lipinski definition) is 0. The second kappa shape index (κ2) is 8.40. The molecule has 1 aromatic heterocycles. The lowest BCUT2D eigenvalue weighted by Gasteiger charge is -2.28. The highest BCUT2D eigenvalue weighted by Crippen LogP contribution is 2.31. The summed E-state index contributed by atoms with van der Waals surface area (Å²) in [7, 11) is 0. The van der Waals surface area contributed by atoms with Gasteiger partial charge in [0.25, 0.3) is 5.91 Å². The van der Waals surface area contributed by atoms with Crippen LogP contribution in [0.25, 0.3) is 10.6 Å². The standard InChI is InChI=1S/C21H17FN2O4S/c22-15-7-5-14(6-8-15)21-23-16(13-29-21)11-28-20(26)9-10-24-17-3-1-2-4-18(17)27-12-19(24)25/h1-8,13H,9-12H2. The first-order valence-corrected chi connectivity index (χ1v) is 9.86. The number of fused-ring (bicyclic) bond motifs is 1. The van der Waals surface area contributed by atoms with Crippen LogP contribution in [0.3, 0.4) is 0 Å². The summed E-state index contributed by atoms with van der Waals surface area (Å²) < 4.78 is 23.7. The third kappa shape index (κ3) is 4.43. The first kappa shape index (κ1) is 19.1. The zero-order chi connectivity index (χ0) is 20.2. The molecule has 1 amide bonds. The lowest BCUT2D eigenvalue weighted by molar-refractivity contribution is -0.144. The highest BCUT2D eigenvalue weighted by molar-refractivity contribution is 7.13. The zero-order valence-electron chi connectivity index (χ0n) is 15.3. The minimum absolute atomic E-state index is 0.0446. The zero-order valence-corrected chi connectivity index (χ0v) is 16.2. The van der Waals surface area contributed by atoms with Crippen molar-refractivity contribution in [1.82, 2.24) is 4.98 Å². The third-order valence-corrected chi connectivity index (χ3v) is 5.31. The fourth-order valence-electron chi connectivity index (χ4n) is 2.93. The number of ether oxygens (including phenoxy) is 2. The SMILES string of the molecule is O=C(CCN1C(=O)COc2ccccc21)OCc1csc(-c2ccc(F)cc2)n1. The molecule has 6 nitrogen and oxygen atoms in total. The van der Waals surface area contributed by atoms with Crippen LogP contribution in [0, 0.1) is 5.82 Å². The molecule has 0 saturated heterocycles. The average molecular weight is 412 g/mol. The molecule has 2 aromatic carbocycles. The minimum Gasteiger partial charge on any atom is -0.482 e. The van der Waals surface area contributed by atoms with Crippen LogP contribution in [0.2, 0.25) is 0 Å². The predicted octanol–water partition coefficient (Wildman–Crippen LogP) is 3.81. The van der Waals surface area contributed by atoms with E-state index in [0.29, 0.717) is 17.1 Å². The highest BCUT2D eigenvalue weighted by atomic mass is 32.1. The van der Waals surface area contributed by atoms with Crippen LogP contribution < -0.4 is 9.64 Å². The fraction of sp³-hybridized carbons (Fsp3) is 0.190. The number of aromatic nitrogens is 1. The molecule has 0 N–H and O–H groups in total. The fourth-order valence-corrected chi connectivity index (χ4v) is 3.74. The molecule has 8 heteroatoms. The van der Waals surface area contributed by atoms with E-state index < -0.39 is 5.97 Å². The normalized spacial score (nSPS) is 13.0. The molecular weight excluding hydrogens is 395 g/mol. The Balaban J connectivity index is 1.31. The van der Waals surface area contributed by atoms with Crippen molar-refractivity contribution >= 4 is 28.9 Å². The number of anilines is 1. The minimum atomic E-state index is -0.418. The molecule has 1 aliphatic heterocycles. The number of halogens is 1. The van der Waals surface area contributed by atoms with Crippen molar-refractivity contribution in [2.45, 2.75) is 13.0 Å². The monoisotopic (exact) mass is 412 g/mol. The molecule has 0 atom stereocenters. The van der Waals surface area contributed by atoms with Gasteiger partial charge >= 0.3 is 5.97 Å². The van der Waals surface area contributed by atoms with E-state index in [2.05, 4.69) is 4.98 Å². The number of hydrogen-bond acceptors (Lipinski definition) is 6. The quantitative estimate of drug-likeness (QED) is 0.576. The molecule has 4 rings (SSSR count). The predicted molar refractivity (Wildman–Crippen MR) is 106 cm³/mol. The number of amides is 1. The van der Waals surface area contributed by atoms with Crippen LogP contribution in [0.5, 0.6) is 5.75 Å². The maximum atomic E-state index is 13.0. The summed E-state index contributed by atoms with van der Waals surface area (Å²) in [6.45, 7) is 0.219. The number of benzene rings is 2. The average Bonchev–Trinajstić information content (AvgIpc) is 3.21. The summed E-state index contributed by atoms with van der Waals surface area (Å²) in [5.74, 6) is -0.296. The number of carbonyl (C=O) groups excluding carboxylic acids is 2. The molecule has 0 bridgehead atoms. The first-order valence-electron chi connectivity index (χ1n) is 8.98. The molecule has 0 unspecified atom stereocenters. The number of nitrogens with zero attached hydrogens (tertiary/aromatic N) is 2. The van der Waals surface area contributed by atoms with E-state index in [-0.39, 0.29) is 37.9 Å². The Morgan fingerprint density at radius 1 is 1.21 bits per heavy atom. The maximum absolute atomic E-state index is 13.0. The summed E-state index contributed by atoms with van der Waals surface area (Å²) in [6.07, 6.45) is 0.0645. The summed E-state index contributed by atoms with van der Waals surface area (Å²) in [4.78, 5) is 30.2. The largest absolute Gasteiger partial charge is 0.482 e. The van der Waals surface area contributed by atoms with Crippen LogP contribution in [-0.2, 0) is 20.9 Å². The highest BCUT2D eigenvalue weighted by Gasteiger charge is 2.25. The Bertz CT molecular complexity index is 1040. The van der Waals surface area contributed by atoms with Gasteiger partial charge in [-0.15, -0.1) is 11.3 Å². The Morgan fingerprint density at radius 3 is 2.83 bits per heavy atom. The molecule has 148 valence electrons. The molecule has 0 fully saturated rings. The molecule has 3 aromatic rings. The van der Waals surface area contributed by atoms with E-state index in [9.17, 15) is 14.0 Å². The van der Waals surface area contributed by atoms with Crippen LogP contribution in [0.15, 0.2) is 53.9 Å². The van der Waals surface area contributed by atoms with Crippen molar-refractivity contribution in [3.05, 3.63) is 65.4 Å². The van der Waals surface area contributed by atoms with Crippen molar-refractivity contribution in [2.24, 2.45) is 0 Å². The molecule has 0 aliphatic carbocycles. The van der Waals surface area contributed by atoms with Gasteiger partial charge in [0.05, 0.1) is 17.8 Å². The van der Waals surface area contributed by atoms with Crippen LogP contribution in [0.4, 0.5) is 10.1 Å². The van der Waals surface area contributed by atoms with Crippen molar-refractivity contribution < 1.29 is 23.5 Å². The van der Waals surface area contributed by atoms with Gasteiger partial charge in [-0.3, -0.25) is 9.59 Å². The number of esters is 1. The Morgan fingerprint density at radius 2 is 2.00 bits per heavy atom. The van der Waals surface area contributed by atoms with E-state index in [1.54, 1.807) is 29.6 Å². The number of carbonyl (C=O) groups is 2. The van der Waals surface area contributed by atoms with E-state index >= 15 is 0 Å². The van der Waals surface area contributed by atoms with Gasteiger partial charge in [-0.2, -0.15) is 0 Å². The molecule has 29 heavy (non-hydrogen) atoms. The van der Waals surface area contributed by atoms with Gasteiger partial charge in [0.2, 0.25) is 0 Å². The van der Waals surface area contributed by atoms with Gasteiger partial charge < -0.3 is 14.4 Å². The lowest BCUT2D eigenvalue weighted by atomic mass is 10.2. The Hall–Kier alpha value is -3.26. The van der Waals surface area contributed by atoms with E-state index in [1.165, 1.54) is 28.4 Å². The molecule has 0 saturated carbocycles. The smallest absolute Gasteiger partial charge is 0.307 e. The van der Waals surface area contributed by atoms with Gasteiger partial charge in [-0.1, -0.05) is 12.1 Å². The lowest BCUT2D eigenvalue weighted by Crippen LogP contribution is -2.40. The first-order chi connectivity index (χ1) is 14.1. The summed E-state index contributed by atoms with van der Waals surface area (Å²) >= 11 is 1.40. The maximum Gasteiger partial charge on any atom is 0.307 e. The van der Waals surface area contributed by atoms with Gasteiger partial charge in [-0.05, 0) is 36.4 Å². The third-order valence-electron chi connectivity index (χ3n) is 4.37. The van der Waals surface area contributed by atoms with Crippen molar-refractivity contribution in [2.75, 3.05) is 18.1 Å². The summed E-state index contributed by atoms with van der Waals surface area (Å²) in [6, 6.07) is 13.3. The second-order valence-electron chi connectivity index (χ2n) is 6.36. The number of thiazole rings is 1. The van der Waals surface area contributed by atoms with Gasteiger partial charge in [0.1, 0.15) is 23.2 Å². The Kier molecular flexibility index (Phi) is 5.53. The number of para-hydroxylation sites is 2. The van der Waals surface area contributed by atoms with Crippen molar-refractivity contribution in [3.63, 3.8) is 0 Å². The molecule has 0 spiro atoms. The van der Waals surface area contributed by atoms with Crippen molar-refractivity contribution in [3.8, 4) is 16.3 Å². The van der Waals surface area contributed by atoms with Gasteiger partial charge in [-0.25, -0.2) is 9.37 Å².